The molecule has 0 unspecified atom stereocenters. The number of ether oxygens (including phenoxy) is 1. The first kappa shape index (κ1) is 15.3. The first-order chi connectivity index (χ1) is 11.4. The molecule has 1 aliphatic rings. The molecule has 0 fully saturated rings. The molecule has 2 aromatic carbocycles. The van der Waals surface area contributed by atoms with Crippen LogP contribution < -0.4 is 5.32 Å². The quantitative estimate of drug-likeness (QED) is 0.399. The van der Waals surface area contributed by atoms with E-state index in [0.717, 1.165) is 18.2 Å². The zero-order chi connectivity index (χ0) is 17.4. The second-order valence-corrected chi connectivity index (χ2v) is 4.81. The van der Waals surface area contributed by atoms with Gasteiger partial charge >= 0.3 is 17.6 Å². The van der Waals surface area contributed by atoms with Gasteiger partial charge in [-0.15, -0.1) is 0 Å². The number of nitrogens with zero attached hydrogens (tertiary/aromatic N) is 1. The Bertz CT molecular complexity index is 924. The van der Waals surface area contributed by atoms with Crippen LogP contribution in [-0.4, -0.2) is 22.8 Å². The van der Waals surface area contributed by atoms with Crippen LogP contribution in [0.2, 0.25) is 0 Å². The summed E-state index contributed by atoms with van der Waals surface area (Å²) < 4.78 is 17.7. The van der Waals surface area contributed by atoms with Crippen LogP contribution in [-0.2, 0) is 4.74 Å². The van der Waals surface area contributed by atoms with Crippen LogP contribution in [0.15, 0.2) is 36.4 Å². The van der Waals surface area contributed by atoms with E-state index in [2.05, 4.69) is 10.1 Å². The molecule has 0 saturated carbocycles. The van der Waals surface area contributed by atoms with Crippen molar-refractivity contribution in [1.29, 1.82) is 0 Å². The fourth-order valence-electron chi connectivity index (χ4n) is 2.16. The SMILES string of the molecule is O=C(Nc1ccc(F)c([N+](=O)[O-])c1)c1ccc2c(c1)C(=O)OC2=O. The monoisotopic (exact) mass is 330 g/mol. The van der Waals surface area contributed by atoms with Gasteiger partial charge < -0.3 is 10.1 Å². The van der Waals surface area contributed by atoms with Crippen LogP contribution in [0.1, 0.15) is 31.1 Å². The zero-order valence-corrected chi connectivity index (χ0v) is 11.7. The van der Waals surface area contributed by atoms with Crippen molar-refractivity contribution < 1.29 is 28.4 Å². The molecule has 1 N–H and O–H groups in total. The minimum absolute atomic E-state index is 0.00671. The van der Waals surface area contributed by atoms with E-state index >= 15 is 0 Å². The highest BCUT2D eigenvalue weighted by Gasteiger charge is 2.30. The Balaban J connectivity index is 1.88. The number of esters is 2. The standard InChI is InChI=1S/C15H7FN2O6/c16-11-4-2-8(6-12(11)18(22)23)17-13(19)7-1-3-9-10(5-7)15(21)24-14(9)20/h1-6H,(H,17,19). The highest BCUT2D eigenvalue weighted by molar-refractivity contribution is 6.16. The molecule has 1 aliphatic heterocycles. The van der Waals surface area contributed by atoms with E-state index in [9.17, 15) is 28.9 Å². The molecular weight excluding hydrogens is 323 g/mol. The number of hydrogen-bond donors (Lipinski definition) is 1. The lowest BCUT2D eigenvalue weighted by Crippen LogP contribution is -2.13. The molecule has 0 bridgehead atoms. The van der Waals surface area contributed by atoms with Gasteiger partial charge in [-0.3, -0.25) is 14.9 Å². The first-order valence-electron chi connectivity index (χ1n) is 6.52. The van der Waals surface area contributed by atoms with E-state index in [1.54, 1.807) is 0 Å². The van der Waals surface area contributed by atoms with Crippen LogP contribution in [0.4, 0.5) is 15.8 Å². The summed E-state index contributed by atoms with van der Waals surface area (Å²) in [6.45, 7) is 0. The van der Waals surface area contributed by atoms with Gasteiger partial charge in [0.05, 0.1) is 16.1 Å². The third-order valence-electron chi connectivity index (χ3n) is 3.31. The summed E-state index contributed by atoms with van der Waals surface area (Å²) in [5.41, 5.74) is -0.734. The number of fused-ring (bicyclic) bond motifs is 1. The Hall–Kier alpha value is -3.62. The van der Waals surface area contributed by atoms with Crippen molar-refractivity contribution in [1.82, 2.24) is 0 Å². The Kier molecular flexibility index (Phi) is 3.53. The van der Waals surface area contributed by atoms with Crippen molar-refractivity contribution in [3.63, 3.8) is 0 Å². The molecule has 1 amide bonds. The third kappa shape index (κ3) is 2.58. The van der Waals surface area contributed by atoms with Gasteiger partial charge in [-0.1, -0.05) is 0 Å². The highest BCUT2D eigenvalue weighted by atomic mass is 19.1. The average molecular weight is 330 g/mol. The normalized spacial score (nSPS) is 12.5. The van der Waals surface area contributed by atoms with E-state index in [1.165, 1.54) is 18.2 Å². The summed E-state index contributed by atoms with van der Waals surface area (Å²) in [7, 11) is 0. The molecular formula is C15H7FN2O6. The van der Waals surface area contributed by atoms with E-state index in [-0.39, 0.29) is 22.4 Å². The predicted octanol–water partition coefficient (Wildman–Crippen LogP) is 2.30. The fraction of sp³-hybridized carbons (Fsp3) is 0. The summed E-state index contributed by atoms with van der Waals surface area (Å²) in [5, 5.41) is 13.0. The summed E-state index contributed by atoms with van der Waals surface area (Å²) in [4.78, 5) is 44.7. The average Bonchev–Trinajstić information content (AvgIpc) is 2.83. The number of amides is 1. The number of halogens is 1. The Labute approximate surface area is 133 Å². The number of hydrogen-bond acceptors (Lipinski definition) is 6. The number of nitro groups is 1. The number of nitrogens with one attached hydrogen (secondary N) is 1. The number of rotatable bonds is 3. The molecule has 0 saturated heterocycles. The molecule has 120 valence electrons. The van der Waals surface area contributed by atoms with Crippen LogP contribution in [0.25, 0.3) is 0 Å². The van der Waals surface area contributed by atoms with Gasteiger partial charge in [0.1, 0.15) is 0 Å². The Morgan fingerprint density at radius 3 is 2.50 bits per heavy atom. The van der Waals surface area contributed by atoms with Crippen molar-refractivity contribution in [2.75, 3.05) is 5.32 Å². The lowest BCUT2D eigenvalue weighted by Gasteiger charge is -2.06. The largest absolute Gasteiger partial charge is 0.386 e. The number of anilines is 1. The van der Waals surface area contributed by atoms with Crippen molar-refractivity contribution >= 4 is 29.2 Å². The van der Waals surface area contributed by atoms with Crippen molar-refractivity contribution in [3.05, 3.63) is 69.0 Å². The van der Waals surface area contributed by atoms with E-state index in [0.29, 0.717) is 0 Å². The van der Waals surface area contributed by atoms with E-state index in [1.807, 2.05) is 0 Å². The van der Waals surface area contributed by atoms with Crippen LogP contribution >= 0.6 is 0 Å². The first-order valence-corrected chi connectivity index (χ1v) is 6.52. The molecule has 0 radical (unpaired) electrons. The molecule has 0 spiro atoms. The molecule has 0 aromatic heterocycles. The minimum Gasteiger partial charge on any atom is -0.386 e. The number of carbonyl (C=O) groups is 3. The maximum Gasteiger partial charge on any atom is 0.346 e. The van der Waals surface area contributed by atoms with E-state index < -0.39 is 34.3 Å². The molecule has 1 heterocycles. The summed E-state index contributed by atoms with van der Waals surface area (Å²) >= 11 is 0. The predicted molar refractivity (Wildman–Crippen MR) is 77.2 cm³/mol. The fourth-order valence-corrected chi connectivity index (χ4v) is 2.16. The minimum atomic E-state index is -1.03. The molecule has 24 heavy (non-hydrogen) atoms. The number of benzene rings is 2. The molecule has 0 atom stereocenters. The molecule has 3 rings (SSSR count). The maximum atomic E-state index is 13.3. The van der Waals surface area contributed by atoms with Gasteiger partial charge in [0, 0.05) is 17.3 Å². The summed E-state index contributed by atoms with van der Waals surface area (Å²) in [5.74, 6) is -3.37. The second kappa shape index (κ2) is 5.54. The Morgan fingerprint density at radius 2 is 1.79 bits per heavy atom. The molecule has 2 aromatic rings. The number of carbonyl (C=O) groups excluding carboxylic acids is 3. The van der Waals surface area contributed by atoms with Crippen molar-refractivity contribution in [2.45, 2.75) is 0 Å². The number of cyclic esters (lactones) is 2. The van der Waals surface area contributed by atoms with Gasteiger partial charge in [0.15, 0.2) is 0 Å². The van der Waals surface area contributed by atoms with Gasteiger partial charge in [-0.25, -0.2) is 9.59 Å². The summed E-state index contributed by atoms with van der Waals surface area (Å²) in [6, 6.07) is 6.63. The highest BCUT2D eigenvalue weighted by Crippen LogP contribution is 2.24. The smallest absolute Gasteiger partial charge is 0.346 e. The zero-order valence-electron chi connectivity index (χ0n) is 11.7. The maximum absolute atomic E-state index is 13.3. The van der Waals surface area contributed by atoms with Crippen molar-refractivity contribution in [3.8, 4) is 0 Å². The van der Waals surface area contributed by atoms with Gasteiger partial charge in [0.25, 0.3) is 5.91 Å². The second-order valence-electron chi connectivity index (χ2n) is 4.81. The van der Waals surface area contributed by atoms with Crippen LogP contribution in [0, 0.1) is 15.9 Å². The van der Waals surface area contributed by atoms with E-state index in [4.69, 9.17) is 0 Å². The van der Waals surface area contributed by atoms with Crippen LogP contribution in [0.3, 0.4) is 0 Å². The van der Waals surface area contributed by atoms with Gasteiger partial charge in [0.2, 0.25) is 5.82 Å². The molecule has 8 nitrogen and oxygen atoms in total. The topological polar surface area (TPSA) is 116 Å². The lowest BCUT2D eigenvalue weighted by atomic mass is 10.1. The van der Waals surface area contributed by atoms with Gasteiger partial charge in [-0.05, 0) is 30.3 Å². The molecule has 9 heteroatoms. The lowest BCUT2D eigenvalue weighted by molar-refractivity contribution is -0.387. The Morgan fingerprint density at radius 1 is 1.08 bits per heavy atom. The summed E-state index contributed by atoms with van der Waals surface area (Å²) in [6.07, 6.45) is 0. The molecule has 0 aliphatic carbocycles. The number of nitro benzene ring substituents is 1. The third-order valence-corrected chi connectivity index (χ3v) is 3.31. The van der Waals surface area contributed by atoms with Gasteiger partial charge in [-0.2, -0.15) is 4.39 Å². The van der Waals surface area contributed by atoms with Crippen LogP contribution in [0.5, 0.6) is 0 Å². The van der Waals surface area contributed by atoms with Crippen molar-refractivity contribution in [2.24, 2.45) is 0 Å².